The molecule has 2 aromatic heterocycles. The number of aromatic nitrogens is 4. The Labute approximate surface area is 231 Å². The largest absolute Gasteiger partial charge is 0.493 e. The van der Waals surface area contributed by atoms with Crippen LogP contribution >= 0.6 is 0 Å². The van der Waals surface area contributed by atoms with Gasteiger partial charge in [-0.25, -0.2) is 9.78 Å². The van der Waals surface area contributed by atoms with Crippen molar-refractivity contribution in [2.45, 2.75) is 46.1 Å². The predicted molar refractivity (Wildman–Crippen MR) is 154 cm³/mol. The topological polar surface area (TPSA) is 103 Å². The van der Waals surface area contributed by atoms with Gasteiger partial charge in [0, 0.05) is 18.4 Å². The number of hydrogen-bond acceptors (Lipinski definition) is 6. The first-order valence-electron chi connectivity index (χ1n) is 13.7. The van der Waals surface area contributed by atoms with Crippen LogP contribution in [0.15, 0.2) is 80.8 Å². The molecule has 40 heavy (non-hydrogen) atoms. The van der Waals surface area contributed by atoms with Crippen molar-refractivity contribution in [2.24, 2.45) is 0 Å². The molecular weight excluding hydrogens is 504 g/mol. The fourth-order valence-electron chi connectivity index (χ4n) is 5.37. The third-order valence-corrected chi connectivity index (χ3v) is 7.34. The highest BCUT2D eigenvalue weighted by Gasteiger charge is 2.20. The molecule has 6 rings (SSSR count). The lowest BCUT2D eigenvalue weighted by Crippen LogP contribution is -2.29. The summed E-state index contributed by atoms with van der Waals surface area (Å²) in [6.07, 6.45) is 3.15. The molecule has 3 aromatic carbocycles. The van der Waals surface area contributed by atoms with Crippen LogP contribution in [0, 0.1) is 0 Å². The first-order chi connectivity index (χ1) is 19.6. The van der Waals surface area contributed by atoms with E-state index in [9.17, 15) is 9.59 Å². The van der Waals surface area contributed by atoms with Crippen LogP contribution in [0.2, 0.25) is 0 Å². The second kappa shape index (κ2) is 10.8. The number of benzene rings is 3. The molecule has 5 aromatic rings. The number of H-pyrrole nitrogens is 1. The maximum atomic E-state index is 14.1. The summed E-state index contributed by atoms with van der Waals surface area (Å²) in [7, 11) is 0. The van der Waals surface area contributed by atoms with E-state index < -0.39 is 5.76 Å². The van der Waals surface area contributed by atoms with E-state index >= 15 is 0 Å². The van der Waals surface area contributed by atoms with Crippen molar-refractivity contribution >= 4 is 0 Å². The van der Waals surface area contributed by atoms with Crippen LogP contribution in [0.4, 0.5) is 0 Å². The monoisotopic (exact) mass is 534 g/mol. The van der Waals surface area contributed by atoms with Crippen molar-refractivity contribution in [3.8, 4) is 39.4 Å². The number of hydrogen-bond donors (Lipinski definition) is 1. The Kier molecular flexibility index (Phi) is 6.90. The third-order valence-electron chi connectivity index (χ3n) is 7.34. The molecule has 3 heterocycles. The van der Waals surface area contributed by atoms with Gasteiger partial charge in [0.15, 0.2) is 5.82 Å². The first-order valence-corrected chi connectivity index (χ1v) is 13.7. The minimum atomic E-state index is -0.594. The van der Waals surface area contributed by atoms with Gasteiger partial charge in [0.2, 0.25) is 0 Å². The maximum Gasteiger partial charge on any atom is 0.439 e. The molecule has 0 aliphatic carbocycles. The number of fused-ring (bicyclic) bond motifs is 1. The normalized spacial score (nSPS) is 12.3. The number of aryl methyl sites for hydroxylation is 2. The second-order valence-electron chi connectivity index (χ2n) is 9.95. The van der Waals surface area contributed by atoms with E-state index in [-0.39, 0.29) is 5.56 Å². The summed E-state index contributed by atoms with van der Waals surface area (Å²) < 4.78 is 12.2. The molecule has 8 heteroatoms. The molecule has 1 aliphatic heterocycles. The maximum absolute atomic E-state index is 14.1. The van der Waals surface area contributed by atoms with Crippen LogP contribution in [0.1, 0.15) is 42.9 Å². The molecule has 0 amide bonds. The van der Waals surface area contributed by atoms with Gasteiger partial charge in [0.05, 0.1) is 24.4 Å². The summed E-state index contributed by atoms with van der Waals surface area (Å²) in [6.45, 7) is 5.25. The summed E-state index contributed by atoms with van der Waals surface area (Å²) in [5.74, 6) is 1.49. The van der Waals surface area contributed by atoms with Crippen molar-refractivity contribution in [2.75, 3.05) is 6.61 Å². The molecule has 0 atom stereocenters. The van der Waals surface area contributed by atoms with Gasteiger partial charge in [-0.05, 0) is 52.8 Å². The minimum Gasteiger partial charge on any atom is -0.493 e. The predicted octanol–water partition coefficient (Wildman–Crippen LogP) is 5.42. The highest BCUT2D eigenvalue weighted by molar-refractivity contribution is 5.80. The van der Waals surface area contributed by atoms with Crippen LogP contribution in [-0.2, 0) is 25.8 Å². The molecule has 0 saturated carbocycles. The summed E-state index contributed by atoms with van der Waals surface area (Å²) in [5, 5.41) is 3.85. The Bertz CT molecular complexity index is 1800. The molecule has 0 bridgehead atoms. The molecule has 0 saturated heterocycles. The Balaban J connectivity index is 1.38. The van der Waals surface area contributed by atoms with Crippen molar-refractivity contribution in [3.63, 3.8) is 0 Å². The van der Waals surface area contributed by atoms with Gasteiger partial charge in [-0.15, -0.1) is 0 Å². The van der Waals surface area contributed by atoms with E-state index in [1.54, 1.807) is 0 Å². The second-order valence-corrected chi connectivity index (χ2v) is 9.95. The Morgan fingerprint density at radius 2 is 1.73 bits per heavy atom. The summed E-state index contributed by atoms with van der Waals surface area (Å²) in [4.78, 5) is 33.2. The van der Waals surface area contributed by atoms with Gasteiger partial charge in [-0.2, -0.15) is 0 Å². The molecule has 8 nitrogen and oxygen atoms in total. The zero-order chi connectivity index (χ0) is 27.6. The summed E-state index contributed by atoms with van der Waals surface area (Å²) in [6, 6.07) is 21.8. The number of nitrogens with zero attached hydrogens (tertiary/aromatic N) is 3. The van der Waals surface area contributed by atoms with Crippen LogP contribution in [0.5, 0.6) is 5.75 Å². The van der Waals surface area contributed by atoms with E-state index in [1.807, 2.05) is 72.2 Å². The van der Waals surface area contributed by atoms with E-state index in [0.717, 1.165) is 69.9 Å². The number of ether oxygens (including phenoxy) is 1. The zero-order valence-corrected chi connectivity index (χ0v) is 22.6. The van der Waals surface area contributed by atoms with Gasteiger partial charge < -0.3 is 4.74 Å². The van der Waals surface area contributed by atoms with Crippen LogP contribution in [0.3, 0.4) is 0 Å². The van der Waals surface area contributed by atoms with E-state index in [2.05, 4.69) is 23.1 Å². The minimum absolute atomic E-state index is 0.0152. The molecule has 0 spiro atoms. The van der Waals surface area contributed by atoms with Gasteiger partial charge in [-0.1, -0.05) is 73.6 Å². The van der Waals surface area contributed by atoms with Crippen LogP contribution < -0.4 is 16.1 Å². The quantitative estimate of drug-likeness (QED) is 0.285. The molecular formula is C32H30N4O4. The number of aromatic amines is 1. The lowest BCUT2D eigenvalue weighted by Gasteiger charge is -2.17. The molecule has 0 radical (unpaired) electrons. The van der Waals surface area contributed by atoms with Crippen molar-refractivity contribution in [1.29, 1.82) is 0 Å². The van der Waals surface area contributed by atoms with Gasteiger partial charge in [0.1, 0.15) is 11.6 Å². The van der Waals surface area contributed by atoms with Gasteiger partial charge in [-0.3, -0.25) is 18.9 Å². The smallest absolute Gasteiger partial charge is 0.439 e. The molecule has 0 fully saturated rings. The lowest BCUT2D eigenvalue weighted by molar-refractivity contribution is 0.357. The molecule has 202 valence electrons. The first kappa shape index (κ1) is 25.6. The standard InChI is InChI=1S/C32H30N4O4/c1-3-7-28-33-26(4-2)29(23-14-15-27-22(18-23)16-17-39-27)31(37)36(28)19-20-10-12-21(13-11-20)24-8-5-6-9-25(24)30-34-32(38)40-35-30/h5-6,8-15,18H,3-4,7,16-17,19H2,1-2H3,(H,34,35,38). The highest BCUT2D eigenvalue weighted by Crippen LogP contribution is 2.32. The Hall–Kier alpha value is -4.72. The fraction of sp³-hybridized carbons (Fsp3) is 0.250. The SMILES string of the molecule is CCCc1nc(CC)c(-c2ccc3c(c2)CCO3)c(=O)n1Cc1ccc(-c2ccccc2-c2noc(=O)[nH]2)cc1. The number of nitrogens with one attached hydrogen (secondary N) is 1. The van der Waals surface area contributed by atoms with Gasteiger partial charge >= 0.3 is 5.76 Å². The van der Waals surface area contributed by atoms with Gasteiger partial charge in [0.25, 0.3) is 5.56 Å². The zero-order valence-electron chi connectivity index (χ0n) is 22.6. The molecule has 1 aliphatic rings. The average Bonchev–Trinajstić information content (AvgIpc) is 3.63. The molecule has 1 N–H and O–H groups in total. The van der Waals surface area contributed by atoms with E-state index in [4.69, 9.17) is 14.2 Å². The van der Waals surface area contributed by atoms with Crippen molar-refractivity contribution < 1.29 is 9.26 Å². The Morgan fingerprint density at radius 1 is 0.950 bits per heavy atom. The summed E-state index contributed by atoms with van der Waals surface area (Å²) in [5.41, 5.74) is 7.16. The average molecular weight is 535 g/mol. The Morgan fingerprint density at radius 3 is 2.45 bits per heavy atom. The summed E-state index contributed by atoms with van der Waals surface area (Å²) >= 11 is 0. The van der Waals surface area contributed by atoms with E-state index in [0.29, 0.717) is 31.0 Å². The van der Waals surface area contributed by atoms with Crippen LogP contribution in [-0.4, -0.2) is 26.3 Å². The lowest BCUT2D eigenvalue weighted by atomic mass is 9.98. The van der Waals surface area contributed by atoms with E-state index in [1.165, 1.54) is 0 Å². The highest BCUT2D eigenvalue weighted by atomic mass is 16.5. The van der Waals surface area contributed by atoms with Crippen molar-refractivity contribution in [1.82, 2.24) is 19.7 Å². The van der Waals surface area contributed by atoms with Crippen molar-refractivity contribution in [3.05, 3.63) is 110 Å². The molecule has 0 unspecified atom stereocenters. The number of rotatable bonds is 8. The fourth-order valence-corrected chi connectivity index (χ4v) is 5.37. The van der Waals surface area contributed by atoms with Crippen LogP contribution in [0.25, 0.3) is 33.6 Å². The third kappa shape index (κ3) is 4.77.